The van der Waals surface area contributed by atoms with Crippen LogP contribution in [0.4, 0.5) is 0 Å². The molecule has 0 unspecified atom stereocenters. The average molecular weight is 460 g/mol. The molecule has 0 aliphatic carbocycles. The van der Waals surface area contributed by atoms with Gasteiger partial charge in [0.1, 0.15) is 0 Å². The third-order valence-corrected chi connectivity index (χ3v) is 6.67. The summed E-state index contributed by atoms with van der Waals surface area (Å²) in [7, 11) is 0. The average Bonchev–Trinajstić information content (AvgIpc) is 3.26. The standard InChI is InChI=1S/C33H21N3/c1-22-15-28(27-11-9-26(10-12-27)25-5-3-2-4-6-25)19-29(16-22)36-32-13-7-23(20-34)17-30(32)31-18-24(21-35)8-14-33(31)36/h2-19H,1H3. The minimum Gasteiger partial charge on any atom is -0.309 e. The molecule has 0 amide bonds. The largest absolute Gasteiger partial charge is 0.309 e. The fourth-order valence-electron chi connectivity index (χ4n) is 4.98. The fraction of sp³-hybridized carbons (Fsp3) is 0.0303. The van der Waals surface area contributed by atoms with Gasteiger partial charge in [-0.05, 0) is 83.3 Å². The van der Waals surface area contributed by atoms with Crippen LogP contribution < -0.4 is 0 Å². The minimum atomic E-state index is 0.604. The third-order valence-electron chi connectivity index (χ3n) is 6.67. The minimum absolute atomic E-state index is 0.604. The Morgan fingerprint density at radius 2 is 1.06 bits per heavy atom. The number of fused-ring (bicyclic) bond motifs is 3. The van der Waals surface area contributed by atoms with Crippen molar-refractivity contribution < 1.29 is 0 Å². The molecule has 0 fully saturated rings. The van der Waals surface area contributed by atoms with E-state index in [1.165, 1.54) is 11.1 Å². The van der Waals surface area contributed by atoms with Crippen LogP contribution in [0, 0.1) is 29.6 Å². The normalized spacial score (nSPS) is 10.9. The molecule has 6 aromatic rings. The number of nitriles is 2. The second kappa shape index (κ2) is 8.58. The van der Waals surface area contributed by atoms with E-state index in [2.05, 4.69) is 90.4 Å². The maximum Gasteiger partial charge on any atom is 0.0991 e. The number of hydrogen-bond donors (Lipinski definition) is 0. The first kappa shape index (κ1) is 21.4. The van der Waals surface area contributed by atoms with Crippen molar-refractivity contribution in [2.24, 2.45) is 0 Å². The first-order valence-electron chi connectivity index (χ1n) is 11.8. The van der Waals surface area contributed by atoms with Crippen LogP contribution in [-0.2, 0) is 0 Å². The van der Waals surface area contributed by atoms with Gasteiger partial charge in [-0.2, -0.15) is 10.5 Å². The highest BCUT2D eigenvalue weighted by Gasteiger charge is 2.15. The Kier molecular flexibility index (Phi) is 5.11. The van der Waals surface area contributed by atoms with Gasteiger partial charge in [-0.1, -0.05) is 60.7 Å². The molecule has 1 heterocycles. The van der Waals surface area contributed by atoms with Crippen LogP contribution in [0.1, 0.15) is 16.7 Å². The predicted molar refractivity (Wildman–Crippen MR) is 146 cm³/mol. The van der Waals surface area contributed by atoms with Gasteiger partial charge in [0.2, 0.25) is 0 Å². The van der Waals surface area contributed by atoms with Gasteiger partial charge in [-0.25, -0.2) is 0 Å². The lowest BCUT2D eigenvalue weighted by Crippen LogP contribution is -1.96. The molecular formula is C33H21N3. The Hall–Kier alpha value is -5.12. The zero-order valence-corrected chi connectivity index (χ0v) is 19.7. The lowest BCUT2D eigenvalue weighted by molar-refractivity contribution is 1.17. The van der Waals surface area contributed by atoms with Crippen molar-refractivity contribution in [3.8, 4) is 40.1 Å². The predicted octanol–water partition coefficient (Wildman–Crippen LogP) is 8.17. The summed E-state index contributed by atoms with van der Waals surface area (Å²) in [5.74, 6) is 0. The molecule has 3 nitrogen and oxygen atoms in total. The summed E-state index contributed by atoms with van der Waals surface area (Å²) in [6.45, 7) is 2.11. The Morgan fingerprint density at radius 3 is 1.61 bits per heavy atom. The molecule has 1 aromatic heterocycles. The Bertz CT molecular complexity index is 1770. The smallest absolute Gasteiger partial charge is 0.0991 e. The number of aromatic nitrogens is 1. The molecule has 6 rings (SSSR count). The lowest BCUT2D eigenvalue weighted by Gasteiger charge is -2.13. The molecule has 0 spiro atoms. The number of aryl methyl sites for hydroxylation is 1. The van der Waals surface area contributed by atoms with Crippen molar-refractivity contribution in [1.29, 1.82) is 10.5 Å². The zero-order chi connectivity index (χ0) is 24.6. The van der Waals surface area contributed by atoms with Gasteiger partial charge in [-0.3, -0.25) is 0 Å². The van der Waals surface area contributed by atoms with E-state index in [1.807, 2.05) is 42.5 Å². The summed E-state index contributed by atoms with van der Waals surface area (Å²) in [4.78, 5) is 0. The van der Waals surface area contributed by atoms with Crippen LogP contribution in [-0.4, -0.2) is 4.57 Å². The number of benzene rings is 5. The molecular weight excluding hydrogens is 438 g/mol. The monoisotopic (exact) mass is 459 g/mol. The van der Waals surface area contributed by atoms with Gasteiger partial charge >= 0.3 is 0 Å². The molecule has 0 aliphatic rings. The number of rotatable bonds is 3. The van der Waals surface area contributed by atoms with E-state index >= 15 is 0 Å². The second-order valence-corrected chi connectivity index (χ2v) is 9.02. The van der Waals surface area contributed by atoms with Crippen molar-refractivity contribution in [2.45, 2.75) is 6.92 Å². The van der Waals surface area contributed by atoms with Crippen molar-refractivity contribution in [3.63, 3.8) is 0 Å². The molecule has 0 N–H and O–H groups in total. The summed E-state index contributed by atoms with van der Waals surface area (Å²) in [6.07, 6.45) is 0. The Labute approximate surface area is 209 Å². The topological polar surface area (TPSA) is 52.5 Å². The van der Waals surface area contributed by atoms with Crippen molar-refractivity contribution in [1.82, 2.24) is 4.57 Å². The van der Waals surface area contributed by atoms with Crippen LogP contribution in [0.2, 0.25) is 0 Å². The third kappa shape index (κ3) is 3.61. The molecule has 0 aliphatic heterocycles. The van der Waals surface area contributed by atoms with Crippen molar-refractivity contribution in [3.05, 3.63) is 126 Å². The first-order valence-corrected chi connectivity index (χ1v) is 11.8. The summed E-state index contributed by atoms with van der Waals surface area (Å²) in [5, 5.41) is 20.9. The molecule has 0 radical (unpaired) electrons. The maximum atomic E-state index is 9.48. The summed E-state index contributed by atoms with van der Waals surface area (Å²) >= 11 is 0. The summed E-state index contributed by atoms with van der Waals surface area (Å²) < 4.78 is 2.22. The van der Waals surface area contributed by atoms with Crippen LogP contribution in [0.3, 0.4) is 0 Å². The van der Waals surface area contributed by atoms with Crippen LogP contribution in [0.15, 0.2) is 109 Å². The molecule has 5 aromatic carbocycles. The van der Waals surface area contributed by atoms with Crippen molar-refractivity contribution in [2.75, 3.05) is 0 Å². The zero-order valence-electron chi connectivity index (χ0n) is 19.7. The lowest BCUT2D eigenvalue weighted by atomic mass is 9.99. The van der Waals surface area contributed by atoms with Gasteiger partial charge in [0, 0.05) is 16.5 Å². The van der Waals surface area contributed by atoms with E-state index < -0.39 is 0 Å². The van der Waals surface area contributed by atoms with E-state index in [0.29, 0.717) is 11.1 Å². The highest BCUT2D eigenvalue weighted by molar-refractivity contribution is 6.10. The van der Waals surface area contributed by atoms with Gasteiger partial charge in [0.25, 0.3) is 0 Å². The molecule has 0 saturated heterocycles. The van der Waals surface area contributed by atoms with Gasteiger partial charge in [-0.15, -0.1) is 0 Å². The Balaban J connectivity index is 1.53. The molecule has 0 atom stereocenters. The molecule has 0 saturated carbocycles. The van der Waals surface area contributed by atoms with E-state index in [1.54, 1.807) is 0 Å². The number of nitrogens with zero attached hydrogens (tertiary/aromatic N) is 3. The highest BCUT2D eigenvalue weighted by Crippen LogP contribution is 2.35. The number of hydrogen-bond acceptors (Lipinski definition) is 2. The summed E-state index contributed by atoms with van der Waals surface area (Å²) in [6, 6.07) is 41.7. The second-order valence-electron chi connectivity index (χ2n) is 9.02. The first-order chi connectivity index (χ1) is 17.6. The quantitative estimate of drug-likeness (QED) is 0.268. The SMILES string of the molecule is Cc1cc(-c2ccc(-c3ccccc3)cc2)cc(-n2c3ccc(C#N)cc3c3cc(C#N)ccc32)c1. The molecule has 3 heteroatoms. The highest BCUT2D eigenvalue weighted by atomic mass is 15.0. The molecule has 0 bridgehead atoms. The Morgan fingerprint density at radius 1 is 0.528 bits per heavy atom. The van der Waals surface area contributed by atoms with Gasteiger partial charge in [0.05, 0.1) is 34.3 Å². The maximum absolute atomic E-state index is 9.48. The van der Waals surface area contributed by atoms with Gasteiger partial charge in [0.15, 0.2) is 0 Å². The fourth-order valence-corrected chi connectivity index (χ4v) is 4.98. The van der Waals surface area contributed by atoms with E-state index in [4.69, 9.17) is 0 Å². The van der Waals surface area contributed by atoms with Crippen LogP contribution >= 0.6 is 0 Å². The molecule has 168 valence electrons. The summed E-state index contributed by atoms with van der Waals surface area (Å²) in [5.41, 5.74) is 10.1. The van der Waals surface area contributed by atoms with Crippen molar-refractivity contribution >= 4 is 21.8 Å². The molecule has 36 heavy (non-hydrogen) atoms. The van der Waals surface area contributed by atoms with E-state index in [9.17, 15) is 10.5 Å². The van der Waals surface area contributed by atoms with Crippen LogP contribution in [0.25, 0.3) is 49.7 Å². The van der Waals surface area contributed by atoms with E-state index in [-0.39, 0.29) is 0 Å². The van der Waals surface area contributed by atoms with Gasteiger partial charge < -0.3 is 4.57 Å². The van der Waals surface area contributed by atoms with Crippen LogP contribution in [0.5, 0.6) is 0 Å². The van der Waals surface area contributed by atoms with E-state index in [0.717, 1.165) is 44.2 Å².